The molecule has 1 aromatic rings. The van der Waals surface area contributed by atoms with E-state index in [1.165, 1.54) is 13.1 Å². The lowest BCUT2D eigenvalue weighted by atomic mass is 9.93. The Kier molecular flexibility index (Phi) is 4.61. The third-order valence-corrected chi connectivity index (χ3v) is 4.41. The molecule has 0 fully saturated rings. The molecule has 0 aliphatic rings. The topological polar surface area (TPSA) is 127 Å². The van der Waals surface area contributed by atoms with Crippen LogP contribution in [0.4, 0.5) is 11.4 Å². The number of nitrogen functional groups attached to an aromatic ring is 1. The Hall–Kier alpha value is -1.80. The van der Waals surface area contributed by atoms with Crippen LogP contribution in [0.5, 0.6) is 0 Å². The van der Waals surface area contributed by atoms with E-state index in [4.69, 9.17) is 11.5 Å². The number of nitrogens with two attached hydrogens (primary N) is 2. The molecule has 20 heavy (non-hydrogen) atoms. The Morgan fingerprint density at radius 3 is 2.45 bits per heavy atom. The number of benzene rings is 1. The molecule has 112 valence electrons. The molecule has 0 radical (unpaired) electrons. The SMILES string of the molecule is CNS(=O)(=O)c1cc(N)ccc1NCC(C)(C)C(N)=O. The number of anilines is 2. The predicted octanol–water partition coefficient (Wildman–Crippen LogP) is 0.100. The smallest absolute Gasteiger partial charge is 0.242 e. The van der Waals surface area contributed by atoms with Gasteiger partial charge in [0.2, 0.25) is 15.9 Å². The van der Waals surface area contributed by atoms with Gasteiger partial charge in [-0.3, -0.25) is 4.79 Å². The highest BCUT2D eigenvalue weighted by Crippen LogP contribution is 2.25. The van der Waals surface area contributed by atoms with Crippen molar-refractivity contribution in [2.24, 2.45) is 11.1 Å². The van der Waals surface area contributed by atoms with Crippen molar-refractivity contribution in [3.05, 3.63) is 18.2 Å². The first-order chi connectivity index (χ1) is 9.10. The second-order valence-electron chi connectivity index (χ2n) is 5.06. The fourth-order valence-electron chi connectivity index (χ4n) is 1.42. The van der Waals surface area contributed by atoms with Crippen LogP contribution in [-0.4, -0.2) is 27.9 Å². The molecule has 0 aliphatic heterocycles. The molecule has 0 aromatic heterocycles. The van der Waals surface area contributed by atoms with Crippen LogP contribution in [0.1, 0.15) is 13.8 Å². The Bertz CT molecular complexity index is 611. The van der Waals surface area contributed by atoms with E-state index in [0.717, 1.165) is 0 Å². The molecule has 0 saturated carbocycles. The molecule has 0 heterocycles. The molecule has 6 N–H and O–H groups in total. The van der Waals surface area contributed by atoms with Gasteiger partial charge in [-0.25, -0.2) is 13.1 Å². The number of carbonyl (C=O) groups excluding carboxylic acids is 1. The summed E-state index contributed by atoms with van der Waals surface area (Å²) >= 11 is 0. The third-order valence-electron chi connectivity index (χ3n) is 2.95. The van der Waals surface area contributed by atoms with Gasteiger partial charge in [-0.15, -0.1) is 0 Å². The molecular formula is C12H20N4O3S. The fraction of sp³-hybridized carbons (Fsp3) is 0.417. The van der Waals surface area contributed by atoms with Crippen molar-refractivity contribution < 1.29 is 13.2 Å². The maximum atomic E-state index is 11.9. The standard InChI is InChI=1S/C12H20N4O3S/c1-12(2,11(14)17)7-16-9-5-4-8(13)6-10(9)20(18,19)15-3/h4-6,15-16H,7,13H2,1-3H3,(H2,14,17). The van der Waals surface area contributed by atoms with Crippen molar-refractivity contribution in [1.29, 1.82) is 0 Å². The van der Waals surface area contributed by atoms with Crippen LogP contribution in [0.25, 0.3) is 0 Å². The van der Waals surface area contributed by atoms with Crippen molar-refractivity contribution in [3.63, 3.8) is 0 Å². The lowest BCUT2D eigenvalue weighted by Crippen LogP contribution is -2.37. The second kappa shape index (κ2) is 5.68. The zero-order valence-electron chi connectivity index (χ0n) is 11.7. The monoisotopic (exact) mass is 300 g/mol. The zero-order valence-corrected chi connectivity index (χ0v) is 12.5. The van der Waals surface area contributed by atoms with Crippen LogP contribution in [-0.2, 0) is 14.8 Å². The summed E-state index contributed by atoms with van der Waals surface area (Å²) in [5, 5.41) is 2.93. The summed E-state index contributed by atoms with van der Waals surface area (Å²) in [6.07, 6.45) is 0. The highest BCUT2D eigenvalue weighted by molar-refractivity contribution is 7.89. The van der Waals surface area contributed by atoms with E-state index < -0.39 is 21.3 Å². The van der Waals surface area contributed by atoms with E-state index in [0.29, 0.717) is 11.4 Å². The molecule has 0 spiro atoms. The summed E-state index contributed by atoms with van der Waals surface area (Å²) in [5.74, 6) is -0.474. The van der Waals surface area contributed by atoms with Gasteiger partial charge in [0.05, 0.1) is 11.1 Å². The van der Waals surface area contributed by atoms with E-state index in [2.05, 4.69) is 10.0 Å². The first kappa shape index (κ1) is 16.3. The van der Waals surface area contributed by atoms with Crippen LogP contribution < -0.4 is 21.5 Å². The Morgan fingerprint density at radius 2 is 1.95 bits per heavy atom. The Balaban J connectivity index is 3.11. The van der Waals surface area contributed by atoms with E-state index in [1.54, 1.807) is 26.0 Å². The molecule has 1 aromatic carbocycles. The summed E-state index contributed by atoms with van der Waals surface area (Å²) in [6.45, 7) is 3.55. The van der Waals surface area contributed by atoms with Crippen molar-refractivity contribution in [1.82, 2.24) is 4.72 Å². The van der Waals surface area contributed by atoms with Gasteiger partial charge in [0.15, 0.2) is 0 Å². The molecule has 0 saturated heterocycles. The van der Waals surface area contributed by atoms with Gasteiger partial charge >= 0.3 is 0 Å². The van der Waals surface area contributed by atoms with Crippen LogP contribution in [0.15, 0.2) is 23.1 Å². The van der Waals surface area contributed by atoms with E-state index in [-0.39, 0.29) is 11.4 Å². The normalized spacial score (nSPS) is 12.2. The van der Waals surface area contributed by atoms with Gasteiger partial charge in [-0.05, 0) is 39.1 Å². The summed E-state index contributed by atoms with van der Waals surface area (Å²) in [6, 6.07) is 4.48. The third kappa shape index (κ3) is 3.61. The number of amides is 1. The average Bonchev–Trinajstić information content (AvgIpc) is 2.37. The first-order valence-electron chi connectivity index (χ1n) is 5.97. The minimum absolute atomic E-state index is 0.0280. The summed E-state index contributed by atoms with van der Waals surface area (Å²) < 4.78 is 26.1. The Morgan fingerprint density at radius 1 is 1.35 bits per heavy atom. The minimum atomic E-state index is -3.65. The largest absolute Gasteiger partial charge is 0.399 e. The number of nitrogens with one attached hydrogen (secondary N) is 2. The number of hydrogen-bond donors (Lipinski definition) is 4. The lowest BCUT2D eigenvalue weighted by Gasteiger charge is -2.22. The second-order valence-corrected chi connectivity index (χ2v) is 6.92. The highest BCUT2D eigenvalue weighted by Gasteiger charge is 2.26. The molecule has 0 atom stereocenters. The number of rotatable bonds is 6. The first-order valence-corrected chi connectivity index (χ1v) is 7.45. The van der Waals surface area contributed by atoms with Crippen molar-refractivity contribution >= 4 is 27.3 Å². The molecular weight excluding hydrogens is 280 g/mol. The van der Waals surface area contributed by atoms with Crippen LogP contribution in [0, 0.1) is 5.41 Å². The Labute approximate surface area is 118 Å². The lowest BCUT2D eigenvalue weighted by molar-refractivity contribution is -0.125. The van der Waals surface area contributed by atoms with Gasteiger partial charge in [-0.1, -0.05) is 0 Å². The van der Waals surface area contributed by atoms with Crippen molar-refractivity contribution in [2.45, 2.75) is 18.7 Å². The highest BCUT2D eigenvalue weighted by atomic mass is 32.2. The molecule has 7 nitrogen and oxygen atoms in total. The maximum absolute atomic E-state index is 11.9. The molecule has 0 aliphatic carbocycles. The fourth-order valence-corrected chi connectivity index (χ4v) is 2.36. The van der Waals surface area contributed by atoms with Crippen molar-refractivity contribution in [3.8, 4) is 0 Å². The summed E-state index contributed by atoms with van der Waals surface area (Å²) in [7, 11) is -2.33. The van der Waals surface area contributed by atoms with E-state index in [1.807, 2.05) is 0 Å². The van der Waals surface area contributed by atoms with Crippen LogP contribution >= 0.6 is 0 Å². The minimum Gasteiger partial charge on any atom is -0.399 e. The maximum Gasteiger partial charge on any atom is 0.242 e. The number of primary amides is 1. The molecule has 1 rings (SSSR count). The molecule has 0 unspecified atom stereocenters. The zero-order chi connectivity index (χ0) is 15.6. The number of carbonyl (C=O) groups is 1. The number of hydrogen-bond acceptors (Lipinski definition) is 5. The van der Waals surface area contributed by atoms with Crippen LogP contribution in [0.2, 0.25) is 0 Å². The van der Waals surface area contributed by atoms with Crippen LogP contribution in [0.3, 0.4) is 0 Å². The van der Waals surface area contributed by atoms with Gasteiger partial charge in [0.1, 0.15) is 4.90 Å². The average molecular weight is 300 g/mol. The van der Waals surface area contributed by atoms with Crippen molar-refractivity contribution in [2.75, 3.05) is 24.6 Å². The summed E-state index contributed by atoms with van der Waals surface area (Å²) in [5.41, 5.74) is 10.8. The molecule has 0 bridgehead atoms. The van der Waals surface area contributed by atoms with E-state index >= 15 is 0 Å². The molecule has 8 heteroatoms. The van der Waals surface area contributed by atoms with Gasteiger partial charge < -0.3 is 16.8 Å². The number of sulfonamides is 1. The summed E-state index contributed by atoms with van der Waals surface area (Å²) in [4.78, 5) is 11.3. The quantitative estimate of drug-likeness (QED) is 0.554. The van der Waals surface area contributed by atoms with E-state index in [9.17, 15) is 13.2 Å². The molecule has 1 amide bonds. The van der Waals surface area contributed by atoms with Gasteiger partial charge in [0, 0.05) is 12.2 Å². The van der Waals surface area contributed by atoms with Gasteiger partial charge in [-0.2, -0.15) is 0 Å². The predicted molar refractivity (Wildman–Crippen MR) is 78.6 cm³/mol. The van der Waals surface area contributed by atoms with Gasteiger partial charge in [0.25, 0.3) is 0 Å².